The smallest absolute Gasteiger partial charge is 0.419 e. The van der Waals surface area contributed by atoms with Crippen molar-refractivity contribution in [2.75, 3.05) is 19.8 Å². The van der Waals surface area contributed by atoms with Gasteiger partial charge in [0.2, 0.25) is 0 Å². The molecule has 0 radical (unpaired) electrons. The zero-order valence-corrected chi connectivity index (χ0v) is 15.9. The minimum Gasteiger partial charge on any atom is -0.419 e. The normalized spacial score (nSPS) is 10.3. The Hall–Kier alpha value is -1.16. The first-order valence-corrected chi connectivity index (χ1v) is 7.40. The average molecular weight is 474 g/mol. The summed E-state index contributed by atoms with van der Waals surface area (Å²) in [4.78, 5) is 0.319. The fraction of sp³-hybridized carbons (Fsp3) is 0.200. The summed E-state index contributed by atoms with van der Waals surface area (Å²) in [6.07, 6.45) is 0. The quantitative estimate of drug-likeness (QED) is 0.536. The molecule has 0 heterocycles. The fourth-order valence-electron chi connectivity index (χ4n) is 1.37. The molecule has 0 atom stereocenters. The third-order valence-corrected chi connectivity index (χ3v) is 4.49. The van der Waals surface area contributed by atoms with Gasteiger partial charge in [-0.15, -0.1) is 17.7 Å². The number of hydrogen-bond acceptors (Lipinski definition) is 3. The van der Waals surface area contributed by atoms with Gasteiger partial charge in [-0.1, -0.05) is 12.6 Å². The molecule has 0 amide bonds. The maximum absolute atomic E-state index is 11.7. The Kier molecular flexibility index (Phi) is 8.48. The molecule has 2 aromatic rings. The molecule has 0 spiro atoms. The number of nitrogens with two attached hydrogens (primary N) is 1. The molecule has 0 unspecified atom stereocenters. The average Bonchev–Trinajstić information content (AvgIpc) is 2.40. The molecule has 0 fully saturated rings. The maximum Gasteiger partial charge on any atom is 2.00 e. The fourth-order valence-corrected chi connectivity index (χ4v) is 2.45. The monoisotopic (exact) mass is 474 g/mol. The number of aryl methyl sites for hydroxylation is 1. The third-order valence-electron chi connectivity index (χ3n) is 2.54. The van der Waals surface area contributed by atoms with Crippen LogP contribution in [0.4, 0.5) is 5.69 Å². The van der Waals surface area contributed by atoms with Crippen LogP contribution in [-0.4, -0.2) is 26.8 Å². The van der Waals surface area contributed by atoms with Gasteiger partial charge < -0.3 is 5.73 Å². The van der Waals surface area contributed by atoms with Crippen molar-refractivity contribution in [3.63, 3.8) is 0 Å². The molecular formula is C15H18N2O2SW. The van der Waals surface area contributed by atoms with Gasteiger partial charge in [-0.3, -0.25) is 0 Å². The topological polar surface area (TPSA) is 63.4 Å². The first-order valence-electron chi connectivity index (χ1n) is 5.96. The summed E-state index contributed by atoms with van der Waals surface area (Å²) < 4.78 is 24.5. The van der Waals surface area contributed by atoms with Gasteiger partial charge in [0.1, 0.15) is 0 Å². The van der Waals surface area contributed by atoms with Crippen molar-refractivity contribution in [3.05, 3.63) is 60.2 Å². The first-order chi connectivity index (χ1) is 9.35. The van der Waals surface area contributed by atoms with E-state index in [0.29, 0.717) is 4.90 Å². The molecule has 0 saturated heterocycles. The van der Waals surface area contributed by atoms with E-state index in [1.807, 2.05) is 0 Å². The molecule has 0 bridgehead atoms. The molecular weight excluding hydrogens is 456 g/mol. The Bertz CT molecular complexity index is 644. The predicted molar refractivity (Wildman–Crippen MR) is 80.6 cm³/mol. The van der Waals surface area contributed by atoms with E-state index in [-0.39, 0.29) is 21.1 Å². The van der Waals surface area contributed by atoms with Crippen LogP contribution in [0.2, 0.25) is 0 Å². The van der Waals surface area contributed by atoms with Crippen LogP contribution < -0.4 is 5.73 Å². The van der Waals surface area contributed by atoms with Gasteiger partial charge >= 0.3 is 21.1 Å². The van der Waals surface area contributed by atoms with Crippen LogP contribution in [0, 0.1) is 19.1 Å². The van der Waals surface area contributed by atoms with Crippen LogP contribution in [-0.2, 0) is 31.1 Å². The SMILES string of the molecule is Cc1cc[c-]cc1S(=O)(=O)N(C)C.Nc1cc[c-]cc1.[W+2]. The zero-order valence-electron chi connectivity index (χ0n) is 12.2. The number of sulfonamides is 1. The van der Waals surface area contributed by atoms with Gasteiger partial charge in [0.05, 0.1) is 0 Å². The van der Waals surface area contributed by atoms with Gasteiger partial charge in [-0.25, -0.2) is 12.7 Å². The number of benzene rings is 2. The summed E-state index contributed by atoms with van der Waals surface area (Å²) in [5, 5.41) is 0. The minimum absolute atomic E-state index is 0. The summed E-state index contributed by atoms with van der Waals surface area (Å²) >= 11 is 0. The molecule has 4 nitrogen and oxygen atoms in total. The van der Waals surface area contributed by atoms with Crippen molar-refractivity contribution < 1.29 is 29.5 Å². The number of hydrogen-bond donors (Lipinski definition) is 1. The number of rotatable bonds is 2. The molecule has 6 heteroatoms. The molecule has 2 N–H and O–H groups in total. The van der Waals surface area contributed by atoms with Crippen molar-refractivity contribution in [2.45, 2.75) is 11.8 Å². The summed E-state index contributed by atoms with van der Waals surface area (Å²) in [6.45, 7) is 1.77. The Labute approximate surface area is 141 Å². The van der Waals surface area contributed by atoms with E-state index < -0.39 is 10.0 Å². The maximum atomic E-state index is 11.7. The molecule has 0 aromatic heterocycles. The van der Waals surface area contributed by atoms with Gasteiger partial charge in [0.25, 0.3) is 0 Å². The zero-order chi connectivity index (χ0) is 15.2. The molecule has 112 valence electrons. The number of nitrogens with zero attached hydrogens (tertiary/aromatic N) is 1. The van der Waals surface area contributed by atoms with E-state index in [0.717, 1.165) is 11.3 Å². The standard InChI is InChI=1S/C9H12NO2S.C6H6N.W/c1-8-6-4-5-7-9(8)13(11,12)10(2)3;7-6-4-2-1-3-5-6;/h4,6-7H,1-3H3;2-5H,7H2;/q2*-1;+2. The summed E-state index contributed by atoms with van der Waals surface area (Å²) in [6, 6.07) is 17.7. The summed E-state index contributed by atoms with van der Waals surface area (Å²) in [5.41, 5.74) is 6.87. The predicted octanol–water partition coefficient (Wildman–Crippen LogP) is 2.11. The Morgan fingerprint density at radius 1 is 1.05 bits per heavy atom. The van der Waals surface area contributed by atoms with Crippen molar-refractivity contribution in [1.82, 2.24) is 4.31 Å². The van der Waals surface area contributed by atoms with Crippen LogP contribution in [0.1, 0.15) is 5.56 Å². The second-order valence-electron chi connectivity index (χ2n) is 4.31. The van der Waals surface area contributed by atoms with Crippen LogP contribution in [0.15, 0.2) is 47.4 Å². The molecule has 2 rings (SSSR count). The van der Waals surface area contributed by atoms with E-state index >= 15 is 0 Å². The van der Waals surface area contributed by atoms with E-state index in [2.05, 4.69) is 12.1 Å². The second-order valence-corrected chi connectivity index (χ2v) is 6.43. The van der Waals surface area contributed by atoms with Crippen LogP contribution >= 0.6 is 0 Å². The second kappa shape index (κ2) is 8.98. The van der Waals surface area contributed by atoms with Gasteiger partial charge in [-0.2, -0.15) is 42.5 Å². The summed E-state index contributed by atoms with van der Waals surface area (Å²) in [5.74, 6) is 0. The van der Waals surface area contributed by atoms with Crippen molar-refractivity contribution >= 4 is 15.7 Å². The molecule has 0 aliphatic heterocycles. The Morgan fingerprint density at radius 2 is 1.57 bits per heavy atom. The van der Waals surface area contributed by atoms with E-state index in [4.69, 9.17) is 5.73 Å². The van der Waals surface area contributed by atoms with Crippen molar-refractivity contribution in [2.24, 2.45) is 0 Å². The van der Waals surface area contributed by atoms with Gasteiger partial charge in [0, 0.05) is 14.1 Å². The van der Waals surface area contributed by atoms with Gasteiger partial charge in [-0.05, 0) is 4.90 Å². The van der Waals surface area contributed by atoms with Crippen molar-refractivity contribution in [3.8, 4) is 0 Å². The minimum atomic E-state index is -3.31. The Morgan fingerprint density at radius 3 is 1.95 bits per heavy atom. The molecule has 2 aromatic carbocycles. The molecule has 0 saturated carbocycles. The van der Waals surface area contributed by atoms with E-state index in [9.17, 15) is 8.42 Å². The number of anilines is 1. The summed E-state index contributed by atoms with van der Waals surface area (Å²) in [7, 11) is -0.274. The number of nitrogen functional groups attached to an aromatic ring is 1. The van der Waals surface area contributed by atoms with Crippen molar-refractivity contribution in [1.29, 1.82) is 0 Å². The van der Waals surface area contributed by atoms with Crippen LogP contribution in [0.3, 0.4) is 0 Å². The van der Waals surface area contributed by atoms with Gasteiger partial charge in [0.15, 0.2) is 10.0 Å². The largest absolute Gasteiger partial charge is 2.00 e. The Balaban J connectivity index is 0.000000425. The first kappa shape index (κ1) is 19.8. The molecule has 21 heavy (non-hydrogen) atoms. The molecule has 0 aliphatic carbocycles. The molecule has 0 aliphatic rings. The van der Waals surface area contributed by atoms with Crippen LogP contribution in [0.5, 0.6) is 0 Å². The van der Waals surface area contributed by atoms with Crippen LogP contribution in [0.25, 0.3) is 0 Å². The van der Waals surface area contributed by atoms with E-state index in [1.165, 1.54) is 24.5 Å². The van der Waals surface area contributed by atoms with E-state index in [1.54, 1.807) is 43.3 Å². The third kappa shape index (κ3) is 6.00.